The summed E-state index contributed by atoms with van der Waals surface area (Å²) < 4.78 is 7.30. The zero-order valence-corrected chi connectivity index (χ0v) is 16.7. The number of amides is 1. The molecule has 24 heavy (non-hydrogen) atoms. The minimum Gasteiger partial charge on any atom is -0.442 e. The number of halogens is 1. The van der Waals surface area contributed by atoms with Gasteiger partial charge in [0.1, 0.15) is 5.60 Å². The highest BCUT2D eigenvalue weighted by molar-refractivity contribution is 9.11. The van der Waals surface area contributed by atoms with Gasteiger partial charge >= 0.3 is 6.09 Å². The first-order valence-electron chi connectivity index (χ1n) is 8.05. The number of thiazole rings is 1. The number of benzene rings is 1. The molecule has 1 saturated carbocycles. The van der Waals surface area contributed by atoms with Crippen molar-refractivity contribution in [3.8, 4) is 5.75 Å². The lowest BCUT2D eigenvalue weighted by atomic mass is 10.1. The molecule has 0 bridgehead atoms. The average Bonchev–Trinajstić information content (AvgIpc) is 3.23. The van der Waals surface area contributed by atoms with Gasteiger partial charge in [0, 0.05) is 6.07 Å². The predicted octanol–water partition coefficient (Wildman–Crippen LogP) is 5.49. The van der Waals surface area contributed by atoms with E-state index in [1.54, 1.807) is 11.3 Å². The van der Waals surface area contributed by atoms with Gasteiger partial charge in [0.25, 0.3) is 0 Å². The second-order valence-electron chi connectivity index (χ2n) is 6.87. The van der Waals surface area contributed by atoms with E-state index in [4.69, 9.17) is 9.57 Å². The summed E-state index contributed by atoms with van der Waals surface area (Å²) in [7, 11) is 0. The fourth-order valence-electron chi connectivity index (χ4n) is 2.43. The van der Waals surface area contributed by atoms with Gasteiger partial charge in [-0.1, -0.05) is 0 Å². The van der Waals surface area contributed by atoms with Crippen LogP contribution in [0.1, 0.15) is 52.0 Å². The fraction of sp³-hybridized carbons (Fsp3) is 0.529. The van der Waals surface area contributed by atoms with Crippen LogP contribution in [0, 0.1) is 0 Å². The van der Waals surface area contributed by atoms with E-state index >= 15 is 0 Å². The monoisotopic (exact) mass is 412 g/mol. The third-order valence-corrected chi connectivity index (χ3v) is 5.04. The summed E-state index contributed by atoms with van der Waals surface area (Å²) >= 11 is 5.03. The molecule has 1 aromatic heterocycles. The van der Waals surface area contributed by atoms with Gasteiger partial charge in [-0.25, -0.2) is 9.78 Å². The maximum Gasteiger partial charge on any atom is 0.443 e. The number of nitrogens with zero attached hydrogens (tertiary/aromatic N) is 2. The highest BCUT2D eigenvalue weighted by atomic mass is 79.9. The van der Waals surface area contributed by atoms with Crippen molar-refractivity contribution in [2.75, 3.05) is 6.54 Å². The van der Waals surface area contributed by atoms with Crippen LogP contribution in [-0.4, -0.2) is 28.3 Å². The standard InChI is InChI=1S/C17H21BrN2O3S/c1-5-20(16(21)22-17(2,3)4)23-11-8-12(10-6-7-10)14-13(9-11)24-15(18)19-14/h8-10H,5-7H2,1-4H3. The summed E-state index contributed by atoms with van der Waals surface area (Å²) in [6.45, 7) is 7.77. The molecule has 3 rings (SSSR count). The molecule has 1 aromatic carbocycles. The molecule has 1 aliphatic rings. The van der Waals surface area contributed by atoms with Gasteiger partial charge in [-0.05, 0) is 74.0 Å². The normalized spacial score (nSPS) is 14.7. The van der Waals surface area contributed by atoms with Gasteiger partial charge in [-0.15, -0.1) is 16.4 Å². The van der Waals surface area contributed by atoms with Gasteiger partial charge in [0.2, 0.25) is 0 Å². The lowest BCUT2D eigenvalue weighted by Gasteiger charge is -2.26. The molecule has 0 spiro atoms. The average molecular weight is 413 g/mol. The first kappa shape index (κ1) is 17.5. The predicted molar refractivity (Wildman–Crippen MR) is 98.5 cm³/mol. The van der Waals surface area contributed by atoms with Crippen molar-refractivity contribution >= 4 is 43.6 Å². The Kier molecular flexibility index (Phi) is 4.75. The van der Waals surface area contributed by atoms with Crippen LogP contribution in [0.5, 0.6) is 5.75 Å². The van der Waals surface area contributed by atoms with Crippen LogP contribution < -0.4 is 4.84 Å². The summed E-state index contributed by atoms with van der Waals surface area (Å²) in [5.74, 6) is 1.19. The maximum absolute atomic E-state index is 12.3. The molecule has 5 nitrogen and oxygen atoms in total. The van der Waals surface area contributed by atoms with Crippen molar-refractivity contribution in [2.45, 2.75) is 52.1 Å². The molecule has 0 aliphatic heterocycles. The molecule has 0 saturated heterocycles. The van der Waals surface area contributed by atoms with Crippen molar-refractivity contribution < 1.29 is 14.4 Å². The number of ether oxygens (including phenoxy) is 1. The molecule has 0 radical (unpaired) electrons. The molecule has 2 aromatic rings. The van der Waals surface area contributed by atoms with Crippen LogP contribution in [0.15, 0.2) is 16.0 Å². The van der Waals surface area contributed by atoms with Crippen LogP contribution >= 0.6 is 27.3 Å². The summed E-state index contributed by atoms with van der Waals surface area (Å²) in [6.07, 6.45) is 1.87. The second kappa shape index (κ2) is 6.52. The number of rotatable bonds is 4. The Morgan fingerprint density at radius 3 is 2.71 bits per heavy atom. The number of hydroxylamine groups is 2. The number of aromatic nitrogens is 1. The summed E-state index contributed by atoms with van der Waals surface area (Å²) in [5.41, 5.74) is 1.67. The van der Waals surface area contributed by atoms with E-state index in [-0.39, 0.29) is 0 Å². The summed E-state index contributed by atoms with van der Waals surface area (Å²) in [5, 5.41) is 1.25. The second-order valence-corrected chi connectivity index (χ2v) is 9.17. The quantitative estimate of drug-likeness (QED) is 0.623. The third kappa shape index (κ3) is 4.00. The van der Waals surface area contributed by atoms with E-state index in [0.717, 1.165) is 14.1 Å². The van der Waals surface area contributed by atoms with Crippen molar-refractivity contribution in [3.05, 3.63) is 21.6 Å². The smallest absolute Gasteiger partial charge is 0.442 e. The van der Waals surface area contributed by atoms with E-state index in [2.05, 4.69) is 20.9 Å². The Labute approximate surface area is 154 Å². The largest absolute Gasteiger partial charge is 0.443 e. The number of hydrogen-bond acceptors (Lipinski definition) is 5. The van der Waals surface area contributed by atoms with E-state index in [9.17, 15) is 4.79 Å². The molecule has 1 fully saturated rings. The van der Waals surface area contributed by atoms with Crippen LogP contribution in [0.3, 0.4) is 0 Å². The van der Waals surface area contributed by atoms with Gasteiger partial charge < -0.3 is 9.57 Å². The minimum absolute atomic E-state index is 0.401. The van der Waals surface area contributed by atoms with Gasteiger partial charge in [-0.2, -0.15) is 0 Å². The Balaban J connectivity index is 1.87. The zero-order valence-electron chi connectivity index (χ0n) is 14.3. The number of fused-ring (bicyclic) bond motifs is 1. The minimum atomic E-state index is -0.556. The first-order valence-corrected chi connectivity index (χ1v) is 9.66. The topological polar surface area (TPSA) is 51.7 Å². The zero-order chi connectivity index (χ0) is 17.5. The number of carbonyl (C=O) groups is 1. The molecule has 1 heterocycles. The lowest BCUT2D eigenvalue weighted by molar-refractivity contribution is -0.0693. The molecule has 0 atom stereocenters. The lowest BCUT2D eigenvalue weighted by Crippen LogP contribution is -2.38. The molecular weight excluding hydrogens is 392 g/mol. The van der Waals surface area contributed by atoms with Gasteiger partial charge in [-0.3, -0.25) is 0 Å². The van der Waals surface area contributed by atoms with Crippen LogP contribution in [0.25, 0.3) is 10.2 Å². The van der Waals surface area contributed by atoms with Crippen molar-refractivity contribution in [1.82, 2.24) is 10.0 Å². The molecule has 0 N–H and O–H groups in total. The van der Waals surface area contributed by atoms with E-state index in [0.29, 0.717) is 18.2 Å². The Morgan fingerprint density at radius 1 is 1.42 bits per heavy atom. The molecule has 7 heteroatoms. The molecule has 1 amide bonds. The Bertz CT molecular complexity index is 765. The maximum atomic E-state index is 12.3. The first-order chi connectivity index (χ1) is 11.3. The molecule has 1 aliphatic carbocycles. The Morgan fingerprint density at radius 2 is 2.12 bits per heavy atom. The van der Waals surface area contributed by atoms with Crippen LogP contribution in [-0.2, 0) is 4.74 Å². The Hall–Kier alpha value is -1.34. The molecular formula is C17H21BrN2O3S. The summed E-state index contributed by atoms with van der Waals surface area (Å²) in [6, 6.07) is 3.93. The van der Waals surface area contributed by atoms with Crippen LogP contribution in [0.2, 0.25) is 0 Å². The van der Waals surface area contributed by atoms with E-state index in [1.165, 1.54) is 23.5 Å². The van der Waals surface area contributed by atoms with Crippen molar-refractivity contribution in [1.29, 1.82) is 0 Å². The fourth-order valence-corrected chi connectivity index (χ4v) is 3.89. The SMILES string of the molecule is CCN(Oc1cc(C2CC2)c2nc(Br)sc2c1)C(=O)OC(C)(C)C. The third-order valence-electron chi connectivity index (χ3n) is 3.59. The molecule has 0 unspecified atom stereocenters. The van der Waals surface area contributed by atoms with Crippen molar-refractivity contribution in [2.24, 2.45) is 0 Å². The summed E-state index contributed by atoms with van der Waals surface area (Å²) in [4.78, 5) is 22.7. The number of hydrogen-bond donors (Lipinski definition) is 0. The van der Waals surface area contributed by atoms with E-state index in [1.807, 2.05) is 39.8 Å². The van der Waals surface area contributed by atoms with Gasteiger partial charge in [0.15, 0.2) is 9.67 Å². The van der Waals surface area contributed by atoms with Crippen LogP contribution in [0.4, 0.5) is 4.79 Å². The molecule has 130 valence electrons. The highest BCUT2D eigenvalue weighted by Crippen LogP contribution is 2.45. The van der Waals surface area contributed by atoms with Crippen molar-refractivity contribution in [3.63, 3.8) is 0 Å². The number of carbonyl (C=O) groups excluding carboxylic acids is 1. The van der Waals surface area contributed by atoms with Gasteiger partial charge in [0.05, 0.1) is 16.8 Å². The highest BCUT2D eigenvalue weighted by Gasteiger charge is 2.28. The van der Waals surface area contributed by atoms with E-state index < -0.39 is 11.7 Å².